The van der Waals surface area contributed by atoms with E-state index in [2.05, 4.69) is 0 Å². The van der Waals surface area contributed by atoms with Gasteiger partial charge in [-0.3, -0.25) is 0 Å². The summed E-state index contributed by atoms with van der Waals surface area (Å²) in [6.45, 7) is 4.28. The largest absolute Gasteiger partial charge is 0.497 e. The van der Waals surface area contributed by atoms with Gasteiger partial charge in [0.15, 0.2) is 0 Å². The van der Waals surface area contributed by atoms with Crippen molar-refractivity contribution in [1.82, 2.24) is 0 Å². The quantitative estimate of drug-likeness (QED) is 0.135. The first-order valence-electron chi connectivity index (χ1n) is 13.1. The minimum absolute atomic E-state index is 0.00207. The molecule has 1 N–H and O–H groups in total. The Morgan fingerprint density at radius 3 is 2.00 bits per heavy atom. The predicted octanol–water partition coefficient (Wildman–Crippen LogP) is 4.01. The number of benzene rings is 2. The van der Waals surface area contributed by atoms with Crippen molar-refractivity contribution >= 4 is 17.9 Å². The maximum atomic E-state index is 12.5. The van der Waals surface area contributed by atoms with Crippen LogP contribution in [0.3, 0.4) is 0 Å². The van der Waals surface area contributed by atoms with E-state index in [1.165, 1.54) is 13.8 Å². The van der Waals surface area contributed by atoms with Crippen LogP contribution < -0.4 is 9.47 Å². The Labute approximate surface area is 229 Å². The summed E-state index contributed by atoms with van der Waals surface area (Å²) >= 11 is 0. The normalized spacial score (nSPS) is 11.8. The van der Waals surface area contributed by atoms with E-state index in [1.54, 1.807) is 14.0 Å². The maximum absolute atomic E-state index is 12.5. The van der Waals surface area contributed by atoms with Gasteiger partial charge in [-0.25, -0.2) is 14.4 Å². The fourth-order valence-corrected chi connectivity index (χ4v) is 3.69. The van der Waals surface area contributed by atoms with Crippen LogP contribution >= 0.6 is 0 Å². The number of hydrogen-bond acceptors (Lipinski definition) is 10. The zero-order valence-corrected chi connectivity index (χ0v) is 23.0. The number of carbonyl (C=O) groups is 3. The van der Waals surface area contributed by atoms with Gasteiger partial charge in [-0.1, -0.05) is 24.6 Å². The van der Waals surface area contributed by atoms with Crippen molar-refractivity contribution in [3.05, 3.63) is 54.1 Å². The van der Waals surface area contributed by atoms with Gasteiger partial charge in [0.25, 0.3) is 5.60 Å². The van der Waals surface area contributed by atoms with Gasteiger partial charge in [-0.15, -0.1) is 0 Å². The Bertz CT molecular complexity index is 1030. The number of aliphatic hydroxyl groups is 1. The molecule has 0 saturated heterocycles. The summed E-state index contributed by atoms with van der Waals surface area (Å²) < 4.78 is 31.2. The Kier molecular flexibility index (Phi) is 13.2. The fourth-order valence-electron chi connectivity index (χ4n) is 3.69. The van der Waals surface area contributed by atoms with Gasteiger partial charge >= 0.3 is 17.9 Å². The Balaban J connectivity index is 1.90. The van der Waals surface area contributed by atoms with Crippen LogP contribution in [0.1, 0.15) is 45.6 Å². The van der Waals surface area contributed by atoms with Gasteiger partial charge < -0.3 is 33.5 Å². The van der Waals surface area contributed by atoms with E-state index in [-0.39, 0.29) is 26.4 Å². The van der Waals surface area contributed by atoms with E-state index in [1.807, 2.05) is 48.5 Å². The molecule has 0 aliphatic carbocycles. The molecule has 10 nitrogen and oxygen atoms in total. The van der Waals surface area contributed by atoms with Gasteiger partial charge in [-0.05, 0) is 69.9 Å². The molecule has 0 heterocycles. The number of unbranched alkanes of at least 4 members (excludes halogenated alkanes) is 2. The van der Waals surface area contributed by atoms with E-state index < -0.39 is 29.6 Å². The highest BCUT2D eigenvalue weighted by atomic mass is 16.6. The van der Waals surface area contributed by atoms with Crippen molar-refractivity contribution in [1.29, 1.82) is 0 Å². The summed E-state index contributed by atoms with van der Waals surface area (Å²) in [5.74, 6) is -1.62. The van der Waals surface area contributed by atoms with Crippen molar-refractivity contribution in [2.45, 2.75) is 58.2 Å². The van der Waals surface area contributed by atoms with Crippen LogP contribution in [0.4, 0.5) is 0 Å². The minimum atomic E-state index is -2.98. The zero-order valence-electron chi connectivity index (χ0n) is 23.0. The number of esters is 3. The molecule has 0 aliphatic rings. The van der Waals surface area contributed by atoms with Crippen LogP contribution in [0.2, 0.25) is 0 Å². The first-order valence-corrected chi connectivity index (χ1v) is 13.1. The summed E-state index contributed by atoms with van der Waals surface area (Å²) in [6.07, 6.45) is 0.941. The Morgan fingerprint density at radius 2 is 1.41 bits per heavy atom. The molecule has 0 bridgehead atoms. The number of carbonyl (C=O) groups excluding carboxylic acids is 3. The van der Waals surface area contributed by atoms with Gasteiger partial charge in [-0.2, -0.15) is 0 Å². The number of methoxy groups -OCH3 is 1. The molecule has 0 radical (unpaired) electrons. The molecule has 0 fully saturated rings. The molecule has 0 saturated carbocycles. The van der Waals surface area contributed by atoms with Crippen LogP contribution in [-0.2, 0) is 39.8 Å². The topological polar surface area (TPSA) is 127 Å². The van der Waals surface area contributed by atoms with Crippen LogP contribution in [0.15, 0.2) is 48.5 Å². The number of aryl methyl sites for hydroxylation is 1. The van der Waals surface area contributed by atoms with Crippen LogP contribution in [0.5, 0.6) is 17.2 Å². The lowest BCUT2D eigenvalue weighted by Crippen LogP contribution is -2.61. The summed E-state index contributed by atoms with van der Waals surface area (Å²) in [4.78, 5) is 37.6. The fraction of sp³-hybridized carbons (Fsp3) is 0.483. The molecule has 2 aromatic rings. The third-order valence-corrected chi connectivity index (χ3v) is 5.65. The van der Waals surface area contributed by atoms with Crippen LogP contribution in [0.25, 0.3) is 0 Å². The van der Waals surface area contributed by atoms with Gasteiger partial charge in [0.05, 0.1) is 26.9 Å². The summed E-state index contributed by atoms with van der Waals surface area (Å²) in [5.41, 5.74) is -1.86. The van der Waals surface area contributed by atoms with Crippen molar-refractivity contribution < 1.29 is 47.9 Å². The molecule has 39 heavy (non-hydrogen) atoms. The molecule has 10 heteroatoms. The van der Waals surface area contributed by atoms with E-state index in [0.717, 1.165) is 24.8 Å². The third kappa shape index (κ3) is 9.26. The second-order valence-corrected chi connectivity index (χ2v) is 8.45. The molecule has 0 aliphatic heterocycles. The molecular formula is C29H38O10. The predicted molar refractivity (Wildman–Crippen MR) is 142 cm³/mol. The first-order chi connectivity index (χ1) is 18.8. The SMILES string of the molecule is CCOC(=O)C(OCCCCCc1ccc(Oc2cccc(OC)c2)cc1)C(O)(C(=O)OCC)C(=O)OCC. The Morgan fingerprint density at radius 1 is 0.795 bits per heavy atom. The number of ether oxygens (including phenoxy) is 6. The lowest BCUT2D eigenvalue weighted by atomic mass is 9.96. The average molecular weight is 547 g/mol. The standard InChI is InChI=1S/C29H38O10/c1-5-35-26(30)25(29(33,27(31)36-6-2)28(32)37-7-3)38-19-10-8-9-12-21-15-17-22(18-16-21)39-24-14-11-13-23(20-24)34-4/h11,13-18,20,25,33H,5-10,12,19H2,1-4H3. The van der Waals surface area contributed by atoms with Gasteiger partial charge in [0.1, 0.15) is 17.2 Å². The monoisotopic (exact) mass is 546 g/mol. The highest BCUT2D eigenvalue weighted by Crippen LogP contribution is 2.26. The van der Waals surface area contributed by atoms with Crippen LogP contribution in [0, 0.1) is 0 Å². The number of hydrogen-bond donors (Lipinski definition) is 1. The third-order valence-electron chi connectivity index (χ3n) is 5.65. The zero-order chi connectivity index (χ0) is 28.7. The molecule has 1 atom stereocenters. The molecule has 0 amide bonds. The first kappa shape index (κ1) is 31.6. The highest BCUT2D eigenvalue weighted by Gasteiger charge is 2.58. The van der Waals surface area contributed by atoms with Crippen molar-refractivity contribution in [2.75, 3.05) is 33.5 Å². The van der Waals surface area contributed by atoms with E-state index in [0.29, 0.717) is 23.7 Å². The summed E-state index contributed by atoms with van der Waals surface area (Å²) in [7, 11) is 1.60. The lowest BCUT2D eigenvalue weighted by Gasteiger charge is -2.30. The molecule has 214 valence electrons. The number of rotatable bonds is 17. The lowest BCUT2D eigenvalue weighted by molar-refractivity contribution is -0.208. The van der Waals surface area contributed by atoms with Crippen molar-refractivity contribution in [3.8, 4) is 17.2 Å². The van der Waals surface area contributed by atoms with Crippen molar-refractivity contribution in [2.24, 2.45) is 0 Å². The highest BCUT2D eigenvalue weighted by molar-refractivity contribution is 6.08. The van der Waals surface area contributed by atoms with Crippen molar-refractivity contribution in [3.63, 3.8) is 0 Å². The smallest absolute Gasteiger partial charge is 0.353 e. The molecule has 0 spiro atoms. The average Bonchev–Trinajstić information content (AvgIpc) is 2.93. The second-order valence-electron chi connectivity index (χ2n) is 8.45. The van der Waals surface area contributed by atoms with Gasteiger partial charge in [0, 0.05) is 12.7 Å². The Hall–Kier alpha value is -3.63. The maximum Gasteiger partial charge on any atom is 0.353 e. The molecular weight excluding hydrogens is 508 g/mol. The molecule has 2 aromatic carbocycles. The second kappa shape index (κ2) is 16.4. The summed E-state index contributed by atoms with van der Waals surface area (Å²) in [6, 6.07) is 15.1. The molecule has 0 aromatic heterocycles. The van der Waals surface area contributed by atoms with E-state index >= 15 is 0 Å². The minimum Gasteiger partial charge on any atom is -0.497 e. The van der Waals surface area contributed by atoms with E-state index in [9.17, 15) is 19.5 Å². The molecule has 2 rings (SSSR count). The van der Waals surface area contributed by atoms with Gasteiger partial charge in [0.2, 0.25) is 6.10 Å². The van der Waals surface area contributed by atoms with E-state index in [4.69, 9.17) is 28.4 Å². The van der Waals surface area contributed by atoms with Crippen LogP contribution in [-0.4, -0.2) is 68.3 Å². The summed E-state index contributed by atoms with van der Waals surface area (Å²) in [5, 5.41) is 11.0. The molecule has 1 unspecified atom stereocenters.